The van der Waals surface area contributed by atoms with Crippen LogP contribution in [0.1, 0.15) is 5.56 Å². The van der Waals surface area contributed by atoms with Crippen molar-refractivity contribution in [2.45, 2.75) is 11.8 Å². The highest BCUT2D eigenvalue weighted by atomic mass is 32.2. The van der Waals surface area contributed by atoms with Gasteiger partial charge in [-0.2, -0.15) is 4.39 Å². The second-order valence-corrected chi connectivity index (χ2v) is 6.02. The fourth-order valence-corrected chi connectivity index (χ4v) is 3.04. The van der Waals surface area contributed by atoms with Gasteiger partial charge < -0.3 is 0 Å². The van der Waals surface area contributed by atoms with Crippen molar-refractivity contribution in [3.8, 4) is 0 Å². The molecule has 0 bridgehead atoms. The standard InChI is InChI=1S/C8H6FN5O4S2/c1-4-2-5(3-6(7(4)9)14(15)16)20(17,18)11-8-10-12-13-19-8/h2-3H,1H3,(H,10,11,13). The number of nitro benzene ring substituents is 1. The molecule has 2 rings (SSSR count). The molecule has 9 nitrogen and oxygen atoms in total. The number of anilines is 1. The van der Waals surface area contributed by atoms with Crippen molar-refractivity contribution in [2.75, 3.05) is 4.72 Å². The second-order valence-electron chi connectivity index (χ2n) is 3.60. The maximum Gasteiger partial charge on any atom is 0.306 e. The fraction of sp³-hybridized carbons (Fsp3) is 0.125. The van der Waals surface area contributed by atoms with Gasteiger partial charge in [0.05, 0.1) is 9.82 Å². The first-order valence-electron chi connectivity index (χ1n) is 4.93. The van der Waals surface area contributed by atoms with Gasteiger partial charge in [-0.3, -0.25) is 14.8 Å². The lowest BCUT2D eigenvalue weighted by Gasteiger charge is -2.06. The van der Waals surface area contributed by atoms with Crippen LogP contribution in [0.15, 0.2) is 17.0 Å². The van der Waals surface area contributed by atoms with Gasteiger partial charge in [0.15, 0.2) is 0 Å². The van der Waals surface area contributed by atoms with Crippen molar-refractivity contribution in [1.29, 1.82) is 0 Å². The van der Waals surface area contributed by atoms with Gasteiger partial charge in [0, 0.05) is 17.6 Å². The van der Waals surface area contributed by atoms with E-state index < -0.39 is 31.3 Å². The number of halogens is 1. The van der Waals surface area contributed by atoms with E-state index >= 15 is 0 Å². The molecule has 2 aromatic rings. The quantitative estimate of drug-likeness (QED) is 0.659. The third kappa shape index (κ3) is 2.70. The number of nitrogens with one attached hydrogen (secondary N) is 1. The Morgan fingerprint density at radius 3 is 2.70 bits per heavy atom. The van der Waals surface area contributed by atoms with Crippen molar-refractivity contribution in [1.82, 2.24) is 14.8 Å². The van der Waals surface area contributed by atoms with Gasteiger partial charge >= 0.3 is 5.69 Å². The fourth-order valence-electron chi connectivity index (χ4n) is 1.35. The molecule has 1 aromatic heterocycles. The molecule has 0 aliphatic rings. The molecular formula is C8H6FN5O4S2. The summed E-state index contributed by atoms with van der Waals surface area (Å²) >= 11 is 0.692. The first kappa shape index (κ1) is 14.2. The highest BCUT2D eigenvalue weighted by molar-refractivity contribution is 7.93. The van der Waals surface area contributed by atoms with E-state index in [1.807, 2.05) is 4.72 Å². The average molecular weight is 319 g/mol. The molecule has 20 heavy (non-hydrogen) atoms. The van der Waals surface area contributed by atoms with Gasteiger partial charge in [-0.15, -0.1) is 0 Å². The van der Waals surface area contributed by atoms with Crippen LogP contribution in [0.2, 0.25) is 0 Å². The van der Waals surface area contributed by atoms with E-state index in [1.165, 1.54) is 6.92 Å². The predicted molar refractivity (Wildman–Crippen MR) is 66.3 cm³/mol. The maximum absolute atomic E-state index is 13.5. The van der Waals surface area contributed by atoms with Crippen LogP contribution in [0.5, 0.6) is 0 Å². The van der Waals surface area contributed by atoms with Gasteiger partial charge in [-0.25, -0.2) is 8.42 Å². The molecule has 0 saturated carbocycles. The van der Waals surface area contributed by atoms with E-state index in [4.69, 9.17) is 0 Å². The summed E-state index contributed by atoms with van der Waals surface area (Å²) in [4.78, 5) is 9.25. The lowest BCUT2D eigenvalue weighted by atomic mass is 10.2. The lowest BCUT2D eigenvalue weighted by Crippen LogP contribution is -2.14. The molecule has 0 aliphatic carbocycles. The molecule has 106 valence electrons. The first-order valence-corrected chi connectivity index (χ1v) is 7.19. The Kier molecular flexibility index (Phi) is 3.59. The highest BCUT2D eigenvalue weighted by Gasteiger charge is 2.24. The molecule has 0 saturated heterocycles. The van der Waals surface area contributed by atoms with E-state index in [-0.39, 0.29) is 10.7 Å². The summed E-state index contributed by atoms with van der Waals surface area (Å²) < 4.78 is 42.9. The van der Waals surface area contributed by atoms with Gasteiger partial charge in [-0.1, -0.05) is 9.59 Å². The SMILES string of the molecule is Cc1cc(S(=O)(=O)Nc2nnns2)cc([N+](=O)[O-])c1F. The minimum atomic E-state index is -4.13. The minimum absolute atomic E-state index is 0.102. The number of benzene rings is 1. The molecule has 0 aliphatic heterocycles. The van der Waals surface area contributed by atoms with Crippen LogP contribution in [-0.2, 0) is 10.0 Å². The molecule has 1 N–H and O–H groups in total. The summed E-state index contributed by atoms with van der Waals surface area (Å²) in [5, 5.41) is 17.2. The molecule has 0 fully saturated rings. The Balaban J connectivity index is 2.49. The van der Waals surface area contributed by atoms with Gasteiger partial charge in [-0.05, 0) is 23.8 Å². The van der Waals surface area contributed by atoms with Crippen LogP contribution in [0, 0.1) is 22.9 Å². The van der Waals surface area contributed by atoms with Crippen LogP contribution >= 0.6 is 11.5 Å². The summed E-state index contributed by atoms with van der Waals surface area (Å²) in [6.45, 7) is 1.23. The van der Waals surface area contributed by atoms with Crippen LogP contribution < -0.4 is 4.72 Å². The number of aromatic nitrogens is 3. The number of aryl methyl sites for hydroxylation is 1. The number of nitrogens with zero attached hydrogens (tertiary/aromatic N) is 4. The molecule has 1 heterocycles. The Hall–Kier alpha value is -2.21. The van der Waals surface area contributed by atoms with Crippen molar-refractivity contribution < 1.29 is 17.7 Å². The van der Waals surface area contributed by atoms with E-state index in [2.05, 4.69) is 14.8 Å². The number of sulfonamides is 1. The molecule has 0 unspecified atom stereocenters. The largest absolute Gasteiger partial charge is 0.306 e. The summed E-state index contributed by atoms with van der Waals surface area (Å²) in [7, 11) is -4.13. The average Bonchev–Trinajstić information content (AvgIpc) is 2.83. The molecule has 12 heteroatoms. The monoisotopic (exact) mass is 319 g/mol. The molecule has 0 amide bonds. The number of rotatable bonds is 4. The van der Waals surface area contributed by atoms with Crippen LogP contribution in [-0.4, -0.2) is 28.1 Å². The lowest BCUT2D eigenvalue weighted by molar-refractivity contribution is -0.387. The van der Waals surface area contributed by atoms with E-state index in [1.54, 1.807) is 0 Å². The Labute approximate surface area is 115 Å². The van der Waals surface area contributed by atoms with E-state index in [0.29, 0.717) is 17.6 Å². The van der Waals surface area contributed by atoms with Crippen LogP contribution in [0.3, 0.4) is 0 Å². The predicted octanol–water partition coefficient (Wildman–Crippen LogP) is 1.09. The smallest absolute Gasteiger partial charge is 0.258 e. The number of nitro groups is 1. The third-order valence-electron chi connectivity index (χ3n) is 2.24. The molecule has 0 radical (unpaired) electrons. The summed E-state index contributed by atoms with van der Waals surface area (Å²) in [6, 6.07) is 1.62. The molecule has 0 spiro atoms. The van der Waals surface area contributed by atoms with Crippen LogP contribution in [0.25, 0.3) is 0 Å². The third-order valence-corrected chi connectivity index (χ3v) is 4.20. The van der Waals surface area contributed by atoms with E-state index in [0.717, 1.165) is 6.07 Å². The first-order chi connectivity index (χ1) is 9.31. The van der Waals surface area contributed by atoms with Crippen LogP contribution in [0.4, 0.5) is 15.2 Å². The Morgan fingerprint density at radius 2 is 2.15 bits per heavy atom. The molecule has 0 atom stereocenters. The summed E-state index contributed by atoms with van der Waals surface area (Å²) in [5.41, 5.74) is -1.07. The Bertz CT molecular complexity index is 761. The topological polar surface area (TPSA) is 128 Å². The highest BCUT2D eigenvalue weighted by Crippen LogP contribution is 2.26. The van der Waals surface area contributed by atoms with Crippen molar-refractivity contribution in [2.24, 2.45) is 0 Å². The van der Waals surface area contributed by atoms with Gasteiger partial charge in [0.2, 0.25) is 10.9 Å². The van der Waals surface area contributed by atoms with Crippen molar-refractivity contribution >= 4 is 32.4 Å². The normalized spacial score (nSPS) is 11.3. The number of hydrogen-bond donors (Lipinski definition) is 1. The molecule has 1 aromatic carbocycles. The van der Waals surface area contributed by atoms with Gasteiger partial charge in [0.1, 0.15) is 0 Å². The minimum Gasteiger partial charge on any atom is -0.258 e. The molecular weight excluding hydrogens is 313 g/mol. The Morgan fingerprint density at radius 1 is 1.45 bits per heavy atom. The van der Waals surface area contributed by atoms with Gasteiger partial charge in [0.25, 0.3) is 10.0 Å². The summed E-state index contributed by atoms with van der Waals surface area (Å²) in [6.07, 6.45) is 0. The van der Waals surface area contributed by atoms with Crippen molar-refractivity contribution in [3.63, 3.8) is 0 Å². The zero-order valence-electron chi connectivity index (χ0n) is 9.77. The number of hydrogen-bond acceptors (Lipinski definition) is 8. The van der Waals surface area contributed by atoms with Crippen molar-refractivity contribution in [3.05, 3.63) is 33.6 Å². The van der Waals surface area contributed by atoms with E-state index in [9.17, 15) is 22.9 Å². The second kappa shape index (κ2) is 5.05. The zero-order chi connectivity index (χ0) is 14.9. The zero-order valence-corrected chi connectivity index (χ0v) is 11.4. The maximum atomic E-state index is 13.5. The summed E-state index contributed by atoms with van der Waals surface area (Å²) in [5.74, 6) is -1.08.